The Morgan fingerprint density at radius 2 is 2.22 bits per heavy atom. The molecule has 0 saturated carbocycles. The van der Waals surface area contributed by atoms with E-state index >= 15 is 0 Å². The predicted octanol–water partition coefficient (Wildman–Crippen LogP) is 2.27. The maximum Gasteiger partial charge on any atom is 0.0913 e. The molecule has 2 heterocycles. The summed E-state index contributed by atoms with van der Waals surface area (Å²) in [6.45, 7) is 0.791. The molecule has 4 nitrogen and oxygen atoms in total. The van der Waals surface area contributed by atoms with Crippen molar-refractivity contribution in [3.8, 4) is 0 Å². The molecule has 94 valence electrons. The van der Waals surface area contributed by atoms with Crippen molar-refractivity contribution in [3.63, 3.8) is 0 Å². The van der Waals surface area contributed by atoms with Gasteiger partial charge in [0.1, 0.15) is 0 Å². The lowest BCUT2D eigenvalue weighted by molar-refractivity contribution is 0.221. The first-order chi connectivity index (χ1) is 8.77. The summed E-state index contributed by atoms with van der Waals surface area (Å²) in [5.41, 5.74) is 9.50. The molecular formula is C14H17N3O. The highest BCUT2D eigenvalue weighted by atomic mass is 16.5. The normalized spacial score (nSPS) is 17.3. The molecule has 1 aliphatic heterocycles. The number of ether oxygens (including phenoxy) is 1. The number of fused-ring (bicyclic) bond motifs is 1. The number of para-hydroxylation sites is 1. The first-order valence-corrected chi connectivity index (χ1v) is 6.25. The second-order valence-electron chi connectivity index (χ2n) is 4.67. The number of nitrogens with two attached hydrogens (primary N) is 1. The molecule has 3 rings (SSSR count). The summed E-state index contributed by atoms with van der Waals surface area (Å²) >= 11 is 0. The lowest BCUT2D eigenvalue weighted by atomic mass is 9.98. The van der Waals surface area contributed by atoms with Crippen LogP contribution in [0.15, 0.2) is 36.1 Å². The van der Waals surface area contributed by atoms with E-state index in [1.807, 2.05) is 23.9 Å². The summed E-state index contributed by atoms with van der Waals surface area (Å²) in [5, 5.41) is 5.68. The van der Waals surface area contributed by atoms with Gasteiger partial charge >= 0.3 is 0 Å². The van der Waals surface area contributed by atoms with Crippen molar-refractivity contribution in [1.29, 1.82) is 0 Å². The Kier molecular flexibility index (Phi) is 2.80. The molecule has 0 aliphatic carbocycles. The second kappa shape index (κ2) is 4.46. The van der Waals surface area contributed by atoms with E-state index in [4.69, 9.17) is 10.5 Å². The molecule has 18 heavy (non-hydrogen) atoms. The van der Waals surface area contributed by atoms with Crippen LogP contribution in [-0.2, 0) is 11.8 Å². The van der Waals surface area contributed by atoms with Crippen LogP contribution in [-0.4, -0.2) is 16.4 Å². The Bertz CT molecular complexity index is 600. The Morgan fingerprint density at radius 3 is 3.00 bits per heavy atom. The quantitative estimate of drug-likeness (QED) is 0.880. The van der Waals surface area contributed by atoms with E-state index in [1.54, 1.807) is 6.26 Å². The molecule has 0 saturated heterocycles. The minimum absolute atomic E-state index is 0.170. The van der Waals surface area contributed by atoms with Gasteiger partial charge in [0.2, 0.25) is 0 Å². The zero-order valence-corrected chi connectivity index (χ0v) is 10.5. The minimum Gasteiger partial charge on any atom is -0.501 e. The van der Waals surface area contributed by atoms with E-state index in [-0.39, 0.29) is 6.04 Å². The SMILES string of the molecule is Cn1nc(C(N)C2=COCCC2)c2ccccc21. The number of hydrogen-bond acceptors (Lipinski definition) is 3. The molecule has 0 spiro atoms. The zero-order chi connectivity index (χ0) is 12.5. The highest BCUT2D eigenvalue weighted by Gasteiger charge is 2.20. The van der Waals surface area contributed by atoms with Gasteiger partial charge in [-0.1, -0.05) is 18.2 Å². The van der Waals surface area contributed by atoms with Crippen molar-refractivity contribution < 1.29 is 4.74 Å². The molecule has 0 bridgehead atoms. The number of hydrogen-bond donors (Lipinski definition) is 1. The van der Waals surface area contributed by atoms with Gasteiger partial charge in [0.25, 0.3) is 0 Å². The van der Waals surface area contributed by atoms with Crippen LogP contribution in [0.4, 0.5) is 0 Å². The van der Waals surface area contributed by atoms with E-state index < -0.39 is 0 Å². The fourth-order valence-corrected chi connectivity index (χ4v) is 2.46. The largest absolute Gasteiger partial charge is 0.501 e. The third-order valence-corrected chi connectivity index (χ3v) is 3.44. The van der Waals surface area contributed by atoms with E-state index in [9.17, 15) is 0 Å². The van der Waals surface area contributed by atoms with Gasteiger partial charge in [-0.25, -0.2) is 0 Å². The molecule has 0 radical (unpaired) electrons. The molecule has 4 heteroatoms. The number of nitrogens with zero attached hydrogens (tertiary/aromatic N) is 2. The number of aryl methyl sites for hydroxylation is 1. The topological polar surface area (TPSA) is 53.1 Å². The van der Waals surface area contributed by atoms with Crippen LogP contribution < -0.4 is 5.73 Å². The van der Waals surface area contributed by atoms with Crippen molar-refractivity contribution in [3.05, 3.63) is 41.8 Å². The molecule has 1 atom stereocenters. The Balaban J connectivity index is 2.06. The summed E-state index contributed by atoms with van der Waals surface area (Å²) in [6, 6.07) is 8.00. The van der Waals surface area contributed by atoms with E-state index in [0.29, 0.717) is 0 Å². The maximum atomic E-state index is 6.33. The highest BCUT2D eigenvalue weighted by molar-refractivity contribution is 5.82. The van der Waals surface area contributed by atoms with E-state index in [2.05, 4.69) is 17.2 Å². The van der Waals surface area contributed by atoms with Gasteiger partial charge in [-0.05, 0) is 24.5 Å². The van der Waals surface area contributed by atoms with Crippen LogP contribution in [0.1, 0.15) is 24.6 Å². The first kappa shape index (κ1) is 11.3. The smallest absolute Gasteiger partial charge is 0.0913 e. The van der Waals surface area contributed by atoms with Gasteiger partial charge in [-0.15, -0.1) is 0 Å². The van der Waals surface area contributed by atoms with Crippen molar-refractivity contribution >= 4 is 10.9 Å². The molecule has 1 aliphatic rings. The monoisotopic (exact) mass is 243 g/mol. The third kappa shape index (κ3) is 1.78. The lowest BCUT2D eigenvalue weighted by Crippen LogP contribution is -2.17. The average Bonchev–Trinajstić information content (AvgIpc) is 2.77. The van der Waals surface area contributed by atoms with Gasteiger partial charge in [0, 0.05) is 12.4 Å². The van der Waals surface area contributed by atoms with Gasteiger partial charge in [-0.2, -0.15) is 5.10 Å². The molecule has 1 aromatic carbocycles. The van der Waals surface area contributed by atoms with Crippen LogP contribution >= 0.6 is 0 Å². The average molecular weight is 243 g/mol. The van der Waals surface area contributed by atoms with Crippen molar-refractivity contribution in [2.75, 3.05) is 6.61 Å². The predicted molar refractivity (Wildman–Crippen MR) is 70.9 cm³/mol. The molecule has 0 amide bonds. The first-order valence-electron chi connectivity index (χ1n) is 6.25. The van der Waals surface area contributed by atoms with E-state index in [0.717, 1.165) is 41.6 Å². The summed E-state index contributed by atoms with van der Waals surface area (Å²) < 4.78 is 7.25. The zero-order valence-electron chi connectivity index (χ0n) is 10.5. The van der Waals surface area contributed by atoms with Gasteiger partial charge in [0.15, 0.2) is 0 Å². The Hall–Kier alpha value is -1.81. The van der Waals surface area contributed by atoms with E-state index in [1.165, 1.54) is 0 Å². The van der Waals surface area contributed by atoms with Crippen molar-refractivity contribution in [2.24, 2.45) is 12.8 Å². The minimum atomic E-state index is -0.170. The summed E-state index contributed by atoms with van der Waals surface area (Å²) in [5.74, 6) is 0. The summed E-state index contributed by atoms with van der Waals surface area (Å²) in [7, 11) is 1.95. The number of benzene rings is 1. The number of aromatic nitrogens is 2. The summed E-state index contributed by atoms with van der Waals surface area (Å²) in [6.07, 6.45) is 3.83. The summed E-state index contributed by atoms with van der Waals surface area (Å²) in [4.78, 5) is 0. The Morgan fingerprint density at radius 1 is 1.39 bits per heavy atom. The standard InChI is InChI=1S/C14H17N3O/c1-17-12-7-3-2-6-11(12)14(16-17)13(15)10-5-4-8-18-9-10/h2-3,6-7,9,13H,4-5,8,15H2,1H3. The molecule has 1 unspecified atom stereocenters. The van der Waals surface area contributed by atoms with Crippen LogP contribution in [0.25, 0.3) is 10.9 Å². The van der Waals surface area contributed by atoms with Crippen molar-refractivity contribution in [1.82, 2.24) is 9.78 Å². The van der Waals surface area contributed by atoms with Crippen LogP contribution in [0.3, 0.4) is 0 Å². The molecule has 2 N–H and O–H groups in total. The fourth-order valence-electron chi connectivity index (χ4n) is 2.46. The fraction of sp³-hybridized carbons (Fsp3) is 0.357. The van der Waals surface area contributed by atoms with Gasteiger partial charge in [0.05, 0.1) is 30.1 Å². The maximum absolute atomic E-state index is 6.33. The number of rotatable bonds is 2. The van der Waals surface area contributed by atoms with Crippen LogP contribution in [0.2, 0.25) is 0 Å². The Labute approximate surface area is 106 Å². The van der Waals surface area contributed by atoms with Gasteiger partial charge < -0.3 is 10.5 Å². The van der Waals surface area contributed by atoms with Gasteiger partial charge in [-0.3, -0.25) is 4.68 Å². The van der Waals surface area contributed by atoms with Crippen LogP contribution in [0, 0.1) is 0 Å². The third-order valence-electron chi connectivity index (χ3n) is 3.44. The highest BCUT2D eigenvalue weighted by Crippen LogP contribution is 2.29. The van der Waals surface area contributed by atoms with Crippen molar-refractivity contribution in [2.45, 2.75) is 18.9 Å². The molecular weight excluding hydrogens is 226 g/mol. The molecule has 1 aromatic heterocycles. The molecule has 2 aromatic rings. The lowest BCUT2D eigenvalue weighted by Gasteiger charge is -2.18. The second-order valence-corrected chi connectivity index (χ2v) is 4.67. The van der Waals surface area contributed by atoms with Crippen LogP contribution in [0.5, 0.6) is 0 Å². The molecule has 0 fully saturated rings.